The molecule has 1 aliphatic carbocycles. The van der Waals surface area contributed by atoms with E-state index in [9.17, 15) is 9.59 Å². The Labute approximate surface area is 158 Å². The number of hydrogen-bond acceptors (Lipinski definition) is 5. The molecular weight excluding hydrogens is 344 g/mol. The number of benzene rings is 1. The van der Waals surface area contributed by atoms with Crippen LogP contribution >= 0.6 is 0 Å². The highest BCUT2D eigenvalue weighted by Crippen LogP contribution is 2.60. The zero-order chi connectivity index (χ0) is 19.3. The van der Waals surface area contributed by atoms with Crippen LogP contribution in [-0.2, 0) is 14.3 Å². The van der Waals surface area contributed by atoms with Crippen LogP contribution in [0.3, 0.4) is 0 Å². The molecule has 2 fully saturated rings. The number of nitrogens with two attached hydrogens (primary N) is 1. The first-order valence-corrected chi connectivity index (χ1v) is 9.35. The van der Waals surface area contributed by atoms with Gasteiger partial charge in [0, 0.05) is 13.0 Å². The minimum atomic E-state index is -1.05. The molecule has 0 radical (unpaired) electrons. The number of ether oxygens (including phenoxy) is 1. The predicted octanol–water partition coefficient (Wildman–Crippen LogP) is 0.623. The van der Waals surface area contributed by atoms with E-state index in [2.05, 4.69) is 10.7 Å². The molecule has 1 saturated heterocycles. The van der Waals surface area contributed by atoms with Gasteiger partial charge in [-0.3, -0.25) is 9.59 Å². The SMILES string of the molecule is CNC(=O)C1=CC(C(N)=O)(C2[C@H]3COC[C@@H]23)N([C@@H](C)c2ccc(C)cc2)N1. The van der Waals surface area contributed by atoms with Crippen LogP contribution in [0.1, 0.15) is 24.1 Å². The van der Waals surface area contributed by atoms with E-state index in [-0.39, 0.29) is 17.9 Å². The molecule has 1 aromatic carbocycles. The van der Waals surface area contributed by atoms with Gasteiger partial charge >= 0.3 is 0 Å². The van der Waals surface area contributed by atoms with Gasteiger partial charge in [-0.15, -0.1) is 0 Å². The number of nitrogens with one attached hydrogen (secondary N) is 2. The van der Waals surface area contributed by atoms with Crippen LogP contribution in [0.15, 0.2) is 36.0 Å². The molecule has 4 rings (SSSR count). The van der Waals surface area contributed by atoms with E-state index >= 15 is 0 Å². The maximum Gasteiger partial charge on any atom is 0.268 e. The summed E-state index contributed by atoms with van der Waals surface area (Å²) in [5, 5.41) is 4.50. The maximum absolute atomic E-state index is 12.8. The number of hydrogen-bond donors (Lipinski definition) is 3. The van der Waals surface area contributed by atoms with Crippen molar-refractivity contribution < 1.29 is 14.3 Å². The highest BCUT2D eigenvalue weighted by Gasteiger charge is 2.69. The predicted molar refractivity (Wildman–Crippen MR) is 99.9 cm³/mol. The Kier molecular flexibility index (Phi) is 4.24. The van der Waals surface area contributed by atoms with Gasteiger partial charge in [0.25, 0.3) is 5.91 Å². The van der Waals surface area contributed by atoms with Gasteiger partial charge in [-0.2, -0.15) is 5.01 Å². The van der Waals surface area contributed by atoms with Crippen molar-refractivity contribution in [2.75, 3.05) is 20.3 Å². The van der Waals surface area contributed by atoms with Gasteiger partial charge in [0.2, 0.25) is 5.91 Å². The number of hydrazine groups is 1. The number of carbonyl (C=O) groups is 2. The van der Waals surface area contributed by atoms with Gasteiger partial charge in [-0.25, -0.2) is 0 Å². The molecule has 27 heavy (non-hydrogen) atoms. The van der Waals surface area contributed by atoms with Crippen molar-refractivity contribution in [1.82, 2.24) is 15.8 Å². The quantitative estimate of drug-likeness (QED) is 0.706. The normalized spacial score (nSPS) is 33.0. The van der Waals surface area contributed by atoms with Crippen molar-refractivity contribution >= 4 is 11.8 Å². The summed E-state index contributed by atoms with van der Waals surface area (Å²) < 4.78 is 5.52. The molecule has 2 amide bonds. The zero-order valence-corrected chi connectivity index (χ0v) is 15.9. The van der Waals surface area contributed by atoms with E-state index in [1.54, 1.807) is 13.1 Å². The molecule has 4 N–H and O–H groups in total. The highest BCUT2D eigenvalue weighted by molar-refractivity contribution is 5.97. The molecule has 2 heterocycles. The van der Waals surface area contributed by atoms with E-state index in [1.165, 1.54) is 5.56 Å². The average Bonchev–Trinajstić information content (AvgIpc) is 3.02. The van der Waals surface area contributed by atoms with Crippen LogP contribution < -0.4 is 16.5 Å². The summed E-state index contributed by atoms with van der Waals surface area (Å²) >= 11 is 0. The van der Waals surface area contributed by atoms with Crippen LogP contribution in [0.5, 0.6) is 0 Å². The molecule has 3 aliphatic rings. The van der Waals surface area contributed by atoms with E-state index in [4.69, 9.17) is 10.5 Å². The molecule has 1 aromatic rings. The standard InChI is InChI=1S/C20H26N4O3/c1-11-4-6-13(7-5-11)12(2)24-20(19(21)26,8-16(23-24)18(25)22-3)17-14-9-27-10-15(14)17/h4-8,12,14-15,17,23H,9-10H2,1-3H3,(H2,21,26)(H,22,25)/t12-,14-,15+,17?,20?/m0/s1. The second kappa shape index (κ2) is 6.35. The third-order valence-corrected chi connectivity index (χ3v) is 6.28. The number of aryl methyl sites for hydroxylation is 1. The van der Waals surface area contributed by atoms with Gasteiger partial charge in [0.1, 0.15) is 11.2 Å². The summed E-state index contributed by atoms with van der Waals surface area (Å²) in [7, 11) is 1.57. The van der Waals surface area contributed by atoms with Gasteiger partial charge in [0.05, 0.1) is 19.3 Å². The van der Waals surface area contributed by atoms with Crippen molar-refractivity contribution in [3.05, 3.63) is 47.2 Å². The number of nitrogens with zero attached hydrogens (tertiary/aromatic N) is 1. The largest absolute Gasteiger partial charge is 0.381 e. The molecule has 1 saturated carbocycles. The number of likely N-dealkylation sites (N-methyl/N-ethyl adjacent to an activating group) is 1. The van der Waals surface area contributed by atoms with Gasteiger partial charge < -0.3 is 21.2 Å². The van der Waals surface area contributed by atoms with Crippen molar-refractivity contribution in [2.24, 2.45) is 23.5 Å². The minimum Gasteiger partial charge on any atom is -0.381 e. The van der Waals surface area contributed by atoms with Crippen LogP contribution in [-0.4, -0.2) is 42.6 Å². The Morgan fingerprint density at radius 2 is 1.93 bits per heavy atom. The molecule has 0 bridgehead atoms. The second-order valence-corrected chi connectivity index (χ2v) is 7.79. The molecule has 2 aliphatic heterocycles. The van der Waals surface area contributed by atoms with Crippen molar-refractivity contribution in [2.45, 2.75) is 25.4 Å². The summed E-state index contributed by atoms with van der Waals surface area (Å²) in [5.41, 5.74) is 10.7. The summed E-state index contributed by atoms with van der Waals surface area (Å²) in [4.78, 5) is 25.1. The summed E-state index contributed by atoms with van der Waals surface area (Å²) in [6, 6.07) is 8.02. The monoisotopic (exact) mass is 370 g/mol. The van der Waals surface area contributed by atoms with E-state index in [1.807, 2.05) is 43.1 Å². The first-order valence-electron chi connectivity index (χ1n) is 9.35. The van der Waals surface area contributed by atoms with E-state index < -0.39 is 11.4 Å². The van der Waals surface area contributed by atoms with Crippen molar-refractivity contribution in [3.63, 3.8) is 0 Å². The van der Waals surface area contributed by atoms with Crippen molar-refractivity contribution in [3.8, 4) is 0 Å². The lowest BCUT2D eigenvalue weighted by Gasteiger charge is -2.40. The van der Waals surface area contributed by atoms with Crippen LogP contribution in [0.25, 0.3) is 0 Å². The lowest BCUT2D eigenvalue weighted by molar-refractivity contribution is -0.132. The third-order valence-electron chi connectivity index (χ3n) is 6.28. The fourth-order valence-electron chi connectivity index (χ4n) is 4.71. The molecule has 0 spiro atoms. The van der Waals surface area contributed by atoms with Gasteiger partial charge in [0.15, 0.2) is 0 Å². The fraction of sp³-hybridized carbons (Fsp3) is 0.500. The van der Waals surface area contributed by atoms with Crippen LogP contribution in [0.4, 0.5) is 0 Å². The maximum atomic E-state index is 12.8. The second-order valence-electron chi connectivity index (χ2n) is 7.79. The number of amides is 2. The smallest absolute Gasteiger partial charge is 0.268 e. The number of carbonyl (C=O) groups excluding carboxylic acids is 2. The Balaban J connectivity index is 1.75. The molecule has 144 valence electrons. The number of fused-ring (bicyclic) bond motifs is 1. The number of rotatable bonds is 5. The Bertz CT molecular complexity index is 796. The average molecular weight is 370 g/mol. The summed E-state index contributed by atoms with van der Waals surface area (Å²) in [6.07, 6.45) is 1.72. The Morgan fingerprint density at radius 3 is 2.48 bits per heavy atom. The zero-order valence-electron chi connectivity index (χ0n) is 15.9. The van der Waals surface area contributed by atoms with Crippen LogP contribution in [0, 0.1) is 24.7 Å². The molecule has 7 nitrogen and oxygen atoms in total. The minimum absolute atomic E-state index is 0.0475. The summed E-state index contributed by atoms with van der Waals surface area (Å²) in [6.45, 7) is 5.33. The van der Waals surface area contributed by atoms with E-state index in [0.29, 0.717) is 30.7 Å². The molecule has 2 unspecified atom stereocenters. The lowest BCUT2D eigenvalue weighted by Crippen LogP contribution is -2.60. The molecule has 0 aromatic heterocycles. The first-order chi connectivity index (χ1) is 12.9. The first kappa shape index (κ1) is 18.0. The van der Waals surface area contributed by atoms with E-state index in [0.717, 1.165) is 5.56 Å². The summed E-state index contributed by atoms with van der Waals surface area (Å²) in [5.74, 6) is -0.0560. The molecule has 7 heteroatoms. The van der Waals surface area contributed by atoms with Gasteiger partial charge in [-0.1, -0.05) is 29.8 Å². The molecule has 5 atom stereocenters. The Morgan fingerprint density at radius 1 is 1.30 bits per heavy atom. The third kappa shape index (κ3) is 2.64. The molecular formula is C20H26N4O3. The number of primary amides is 1. The van der Waals surface area contributed by atoms with Crippen molar-refractivity contribution in [1.29, 1.82) is 0 Å². The highest BCUT2D eigenvalue weighted by atomic mass is 16.5. The van der Waals surface area contributed by atoms with Gasteiger partial charge in [-0.05, 0) is 37.3 Å². The topological polar surface area (TPSA) is 96.7 Å². The van der Waals surface area contributed by atoms with Crippen LogP contribution in [0.2, 0.25) is 0 Å². The Hall–Kier alpha value is -2.38. The lowest BCUT2D eigenvalue weighted by atomic mass is 9.87. The fourth-order valence-corrected chi connectivity index (χ4v) is 4.71.